The van der Waals surface area contributed by atoms with E-state index in [1.165, 1.54) is 23.6 Å². The summed E-state index contributed by atoms with van der Waals surface area (Å²) in [6.45, 7) is 5.40. The molecule has 0 bridgehead atoms. The number of quaternary nitrogens is 1. The van der Waals surface area contributed by atoms with Crippen molar-refractivity contribution in [1.29, 1.82) is 0 Å². The number of nitrogens with zero attached hydrogens (tertiary/aromatic N) is 3. The summed E-state index contributed by atoms with van der Waals surface area (Å²) in [4.78, 5) is 136. The molecule has 0 spiro atoms. The number of likely N-dealkylation sites (tertiary alicyclic amines) is 3. The van der Waals surface area contributed by atoms with Crippen molar-refractivity contribution in [3.63, 3.8) is 0 Å². The van der Waals surface area contributed by atoms with Crippen LogP contribution in [0.5, 0.6) is 0 Å². The number of hydrogen-bond acceptors (Lipinski definition) is 13. The number of amides is 10. The van der Waals surface area contributed by atoms with Crippen LogP contribution in [0, 0.1) is 5.92 Å². The molecule has 364 valence electrons. The summed E-state index contributed by atoms with van der Waals surface area (Å²) >= 11 is 0. The molecular formula is C41H68N11O13+. The first-order valence-corrected chi connectivity index (χ1v) is 22.5. The first kappa shape index (κ1) is 52.2. The Hall–Kier alpha value is -5.46. The Kier molecular flexibility index (Phi) is 19.4. The maximum Gasteiger partial charge on any atom is 0.281 e. The monoisotopic (exact) mass is 922 g/mol. The Morgan fingerprint density at radius 1 is 0.538 bits per heavy atom. The maximum atomic E-state index is 14.1. The van der Waals surface area contributed by atoms with E-state index in [9.17, 15) is 63.3 Å². The summed E-state index contributed by atoms with van der Waals surface area (Å²) in [7, 11) is 0. The van der Waals surface area contributed by atoms with Gasteiger partial charge >= 0.3 is 0 Å². The van der Waals surface area contributed by atoms with E-state index < -0.39 is 127 Å². The highest BCUT2D eigenvalue weighted by Gasteiger charge is 2.43. The second kappa shape index (κ2) is 24.2. The van der Waals surface area contributed by atoms with Crippen molar-refractivity contribution >= 4 is 59.1 Å². The minimum atomic E-state index is -1.66. The zero-order valence-electron chi connectivity index (χ0n) is 37.6. The van der Waals surface area contributed by atoms with Crippen molar-refractivity contribution in [3.05, 3.63) is 0 Å². The summed E-state index contributed by atoms with van der Waals surface area (Å²) in [6, 6.07) is -11.2. The zero-order valence-corrected chi connectivity index (χ0v) is 37.6. The Bertz CT molecular complexity index is 1780. The lowest BCUT2D eigenvalue weighted by molar-refractivity contribution is -0.658. The number of nitrogens with two attached hydrogens (primary N) is 2. The maximum absolute atomic E-state index is 14.1. The number of nitrogens with one attached hydrogen (secondary N) is 6. The van der Waals surface area contributed by atoms with Gasteiger partial charge in [0.05, 0.1) is 26.4 Å². The highest BCUT2D eigenvalue weighted by molar-refractivity contribution is 5.99. The van der Waals surface area contributed by atoms with Crippen LogP contribution < -0.4 is 43.0 Å². The van der Waals surface area contributed by atoms with E-state index in [1.807, 2.05) is 19.2 Å². The van der Waals surface area contributed by atoms with Gasteiger partial charge in [-0.05, 0) is 64.7 Å². The van der Waals surface area contributed by atoms with Crippen molar-refractivity contribution in [2.75, 3.05) is 46.0 Å². The number of aliphatic hydroxyl groups is 3. The first-order valence-electron chi connectivity index (χ1n) is 22.5. The highest BCUT2D eigenvalue weighted by Crippen LogP contribution is 2.23. The van der Waals surface area contributed by atoms with Crippen LogP contribution in [0.3, 0.4) is 0 Å². The van der Waals surface area contributed by atoms with Gasteiger partial charge in [0, 0.05) is 32.5 Å². The predicted molar refractivity (Wildman–Crippen MR) is 227 cm³/mol. The van der Waals surface area contributed by atoms with Crippen LogP contribution in [0.25, 0.3) is 0 Å². The van der Waals surface area contributed by atoms with E-state index in [1.54, 1.807) is 4.90 Å². The van der Waals surface area contributed by atoms with Crippen LogP contribution in [0.1, 0.15) is 85.5 Å². The Morgan fingerprint density at radius 2 is 1.00 bits per heavy atom. The molecule has 0 radical (unpaired) electrons. The summed E-state index contributed by atoms with van der Waals surface area (Å²) in [6.07, 6.45) is 4.19. The van der Waals surface area contributed by atoms with Crippen LogP contribution in [0.15, 0.2) is 0 Å². The lowest BCUT2D eigenvalue weighted by atomic mass is 10.0. The number of rotatable bonds is 21. The van der Waals surface area contributed by atoms with Gasteiger partial charge in [0.1, 0.15) is 54.4 Å². The fourth-order valence-electron chi connectivity index (χ4n) is 8.71. The van der Waals surface area contributed by atoms with Gasteiger partial charge in [-0.1, -0.05) is 13.8 Å². The number of carbonyl (C=O) groups is 10. The second-order valence-corrected chi connectivity index (χ2v) is 17.6. The molecule has 10 atom stereocenters. The van der Waals surface area contributed by atoms with E-state index in [4.69, 9.17) is 5.73 Å². The quantitative estimate of drug-likeness (QED) is 0.0511. The largest absolute Gasteiger partial charge is 0.394 e. The molecule has 0 aromatic heterocycles. The van der Waals surface area contributed by atoms with E-state index >= 15 is 0 Å². The number of aliphatic hydroxyl groups excluding tert-OH is 3. The normalized spacial score (nSPS) is 23.4. The minimum Gasteiger partial charge on any atom is -0.394 e. The fourth-order valence-corrected chi connectivity index (χ4v) is 8.71. The molecule has 4 fully saturated rings. The van der Waals surface area contributed by atoms with Crippen molar-refractivity contribution in [2.45, 2.75) is 146 Å². The fraction of sp³-hybridized carbons (Fsp3) is 0.756. The van der Waals surface area contributed by atoms with Gasteiger partial charge in [0.15, 0.2) is 6.04 Å². The van der Waals surface area contributed by atoms with Crippen LogP contribution in [-0.4, -0.2) is 196 Å². The average Bonchev–Trinajstić information content (AvgIpc) is 4.12. The van der Waals surface area contributed by atoms with Gasteiger partial charge in [0.25, 0.3) is 5.91 Å². The van der Waals surface area contributed by atoms with E-state index in [2.05, 4.69) is 31.9 Å². The molecule has 4 rings (SSSR count). The van der Waals surface area contributed by atoms with E-state index in [-0.39, 0.29) is 50.2 Å². The Labute approximate surface area is 377 Å². The highest BCUT2D eigenvalue weighted by atomic mass is 16.3. The predicted octanol–water partition coefficient (Wildman–Crippen LogP) is -6.86. The SMILES string of the molecule is CC(C)C[C@H](NC(=O)[C@H](C)NC(=O)[C@@H]1CCCN1C(=O)[C@@H]1CCC[NH2+]1)C(=O)N1CCC[C@H]1C(=O)N[C@@H](CO)C(=O)N[C@@H](CO)C(=O)N[C@@H](C)C(=O)N1CCC[C@H]1C(=O)N[C@@H](CO)C(N)=O. The van der Waals surface area contributed by atoms with E-state index in [0.29, 0.717) is 32.2 Å². The Morgan fingerprint density at radius 3 is 1.51 bits per heavy atom. The van der Waals surface area contributed by atoms with Crippen molar-refractivity contribution in [2.24, 2.45) is 11.7 Å². The van der Waals surface area contributed by atoms with Crippen LogP contribution in [0.4, 0.5) is 0 Å². The molecule has 0 unspecified atom stereocenters. The summed E-state index contributed by atoms with van der Waals surface area (Å²) in [5.74, 6) is -7.14. The molecule has 24 heteroatoms. The van der Waals surface area contributed by atoms with Crippen molar-refractivity contribution < 1.29 is 68.6 Å². The molecule has 10 amide bonds. The number of hydrogen-bond donors (Lipinski definition) is 11. The number of primary amides is 1. The molecule has 0 aliphatic carbocycles. The van der Waals surface area contributed by atoms with Gasteiger partial charge in [0.2, 0.25) is 53.2 Å². The lowest BCUT2D eigenvalue weighted by Crippen LogP contribution is -2.89. The molecule has 0 aromatic rings. The molecule has 24 nitrogen and oxygen atoms in total. The molecule has 0 saturated carbocycles. The second-order valence-electron chi connectivity index (χ2n) is 17.6. The van der Waals surface area contributed by atoms with Gasteiger partial charge < -0.3 is 73.0 Å². The summed E-state index contributed by atoms with van der Waals surface area (Å²) in [5, 5.41) is 46.2. The summed E-state index contributed by atoms with van der Waals surface area (Å²) in [5.41, 5.74) is 5.18. The lowest BCUT2D eigenvalue weighted by Gasteiger charge is -2.31. The van der Waals surface area contributed by atoms with Gasteiger partial charge in [-0.2, -0.15) is 0 Å². The van der Waals surface area contributed by atoms with Crippen molar-refractivity contribution in [3.8, 4) is 0 Å². The third-order valence-electron chi connectivity index (χ3n) is 12.3. The van der Waals surface area contributed by atoms with E-state index in [0.717, 1.165) is 19.4 Å². The average molecular weight is 923 g/mol. The molecule has 13 N–H and O–H groups in total. The van der Waals surface area contributed by atoms with Gasteiger partial charge in [-0.3, -0.25) is 47.9 Å². The van der Waals surface area contributed by atoms with Gasteiger partial charge in [-0.25, -0.2) is 0 Å². The molecule has 65 heavy (non-hydrogen) atoms. The molecule has 0 aromatic carbocycles. The molecule has 4 heterocycles. The third kappa shape index (κ3) is 13.5. The summed E-state index contributed by atoms with van der Waals surface area (Å²) < 4.78 is 0. The topological polar surface area (TPSA) is 356 Å². The van der Waals surface area contributed by atoms with Crippen LogP contribution in [0.2, 0.25) is 0 Å². The van der Waals surface area contributed by atoms with Gasteiger partial charge in [-0.15, -0.1) is 0 Å². The molecule has 4 saturated heterocycles. The number of carbonyl (C=O) groups excluding carboxylic acids is 10. The minimum absolute atomic E-state index is 0.0884. The standard InChI is InChI=1S/C41H67N11O13/c1-21(2)17-25(46-33(57)22(3)44-36(60)29-10-7-15-51(29)40(64)24-9-5-13-43-24)41(65)52-16-8-12-31(52)38(62)49-28(20-55)35(59)48-27(19-54)34(58)45-23(4)39(63)50-14-6-11-30(50)37(61)47-26(18-53)32(42)56/h21-31,43,53-55H,5-20H2,1-4H3,(H2,42,56)(H,44,60)(H,45,58)(H,46,57)(H,47,61)(H,48,59)(H,49,62)/p+1/t22-,23-,24-,25-,26-,27-,28-,29-,30-,31-/m0/s1. The Balaban J connectivity index is 1.32. The smallest absolute Gasteiger partial charge is 0.281 e. The van der Waals surface area contributed by atoms with Crippen LogP contribution >= 0.6 is 0 Å². The van der Waals surface area contributed by atoms with Crippen molar-refractivity contribution in [1.82, 2.24) is 46.6 Å². The zero-order chi connectivity index (χ0) is 48.1. The third-order valence-corrected chi connectivity index (χ3v) is 12.3. The molecule has 4 aliphatic rings. The van der Waals surface area contributed by atoms with Crippen LogP contribution in [-0.2, 0) is 47.9 Å². The molecular weight excluding hydrogens is 855 g/mol. The molecule has 4 aliphatic heterocycles. The first-order chi connectivity index (χ1) is 30.8.